The number of benzene rings is 1. The van der Waals surface area contributed by atoms with Gasteiger partial charge in [0.2, 0.25) is 0 Å². The molecule has 2 aliphatic rings. The molecule has 2 heterocycles. The molecule has 0 aliphatic carbocycles. The highest BCUT2D eigenvalue weighted by atomic mass is 79.9. The molecule has 4 heteroatoms. The summed E-state index contributed by atoms with van der Waals surface area (Å²) in [6, 6.07) is 6.29. The molecule has 0 saturated carbocycles. The van der Waals surface area contributed by atoms with Crippen LogP contribution in [0.1, 0.15) is 28.8 Å². The number of fused-ring (bicyclic) bond motifs is 1. The van der Waals surface area contributed by atoms with Crippen LogP contribution in [0.3, 0.4) is 0 Å². The highest BCUT2D eigenvalue weighted by molar-refractivity contribution is 9.10. The molecular weight excluding hydrogens is 316 g/mol. The smallest absolute Gasteiger partial charge is 0.254 e. The third-order valence-electron chi connectivity index (χ3n) is 4.82. The first-order valence-electron chi connectivity index (χ1n) is 7.32. The van der Waals surface area contributed by atoms with Gasteiger partial charge in [-0.3, -0.25) is 4.79 Å². The molecule has 1 aromatic rings. The maximum Gasteiger partial charge on any atom is 0.254 e. The van der Waals surface area contributed by atoms with Crippen LogP contribution in [0.25, 0.3) is 0 Å². The summed E-state index contributed by atoms with van der Waals surface area (Å²) in [4.78, 5) is 17.3. The number of piperidine rings is 1. The van der Waals surface area contributed by atoms with E-state index in [2.05, 4.69) is 32.8 Å². The van der Waals surface area contributed by atoms with Crippen molar-refractivity contribution in [1.29, 1.82) is 0 Å². The first-order chi connectivity index (χ1) is 9.58. The fraction of sp³-hybridized carbons (Fsp3) is 0.562. The van der Waals surface area contributed by atoms with Crippen LogP contribution in [0.4, 0.5) is 0 Å². The van der Waals surface area contributed by atoms with Gasteiger partial charge in [-0.25, -0.2) is 0 Å². The molecular formula is C16H21BrN2O. The number of hydrogen-bond donors (Lipinski definition) is 0. The van der Waals surface area contributed by atoms with Gasteiger partial charge < -0.3 is 9.80 Å². The van der Waals surface area contributed by atoms with Gasteiger partial charge >= 0.3 is 0 Å². The molecule has 20 heavy (non-hydrogen) atoms. The van der Waals surface area contributed by atoms with E-state index < -0.39 is 0 Å². The molecule has 0 aromatic heterocycles. The second-order valence-electron chi connectivity index (χ2n) is 6.08. The van der Waals surface area contributed by atoms with E-state index in [0.717, 1.165) is 35.1 Å². The van der Waals surface area contributed by atoms with Crippen LogP contribution in [0.2, 0.25) is 0 Å². The van der Waals surface area contributed by atoms with Crippen molar-refractivity contribution in [2.75, 3.05) is 26.7 Å². The van der Waals surface area contributed by atoms with E-state index in [-0.39, 0.29) is 5.91 Å². The molecule has 108 valence electrons. The Morgan fingerprint density at radius 3 is 2.85 bits per heavy atom. The molecule has 2 atom stereocenters. The standard InChI is InChI=1S/C16H21BrN2O/c1-11-13(4-3-5-14(11)17)16(20)19-9-7-12-6-8-18(2)10-15(12)19/h3-5,12,15H,6-10H2,1-2H3/t12-,15-/m1/s1. The molecule has 1 aromatic carbocycles. The first kappa shape index (κ1) is 14.1. The van der Waals surface area contributed by atoms with Gasteiger partial charge in [0.1, 0.15) is 0 Å². The summed E-state index contributed by atoms with van der Waals surface area (Å²) in [6.45, 7) is 5.11. The summed E-state index contributed by atoms with van der Waals surface area (Å²) >= 11 is 3.52. The van der Waals surface area contributed by atoms with E-state index in [1.165, 1.54) is 13.0 Å². The highest BCUT2D eigenvalue weighted by Gasteiger charge is 2.40. The minimum absolute atomic E-state index is 0.201. The highest BCUT2D eigenvalue weighted by Crippen LogP contribution is 2.33. The molecule has 3 nitrogen and oxygen atoms in total. The van der Waals surface area contributed by atoms with Crippen molar-refractivity contribution in [3.05, 3.63) is 33.8 Å². The number of halogens is 1. The lowest BCUT2D eigenvalue weighted by Crippen LogP contribution is -2.48. The van der Waals surface area contributed by atoms with Crippen molar-refractivity contribution in [3.63, 3.8) is 0 Å². The van der Waals surface area contributed by atoms with Crippen molar-refractivity contribution in [2.24, 2.45) is 5.92 Å². The average Bonchev–Trinajstić information content (AvgIpc) is 2.84. The number of nitrogens with zero attached hydrogens (tertiary/aromatic N) is 2. The van der Waals surface area contributed by atoms with Crippen molar-refractivity contribution in [1.82, 2.24) is 9.80 Å². The number of carbonyl (C=O) groups is 1. The molecule has 1 amide bonds. The number of rotatable bonds is 1. The third-order valence-corrected chi connectivity index (χ3v) is 5.68. The second-order valence-corrected chi connectivity index (χ2v) is 6.93. The zero-order valence-electron chi connectivity index (χ0n) is 12.1. The number of likely N-dealkylation sites (tertiary alicyclic amines) is 2. The fourth-order valence-corrected chi connectivity index (χ4v) is 3.91. The normalized spacial score (nSPS) is 26.6. The van der Waals surface area contributed by atoms with E-state index in [1.807, 2.05) is 25.1 Å². The molecule has 0 N–H and O–H groups in total. The van der Waals surface area contributed by atoms with Gasteiger partial charge in [-0.05, 0) is 57.0 Å². The number of likely N-dealkylation sites (N-methyl/N-ethyl adjacent to an activating group) is 1. The topological polar surface area (TPSA) is 23.6 Å². The Kier molecular flexibility index (Phi) is 3.87. The van der Waals surface area contributed by atoms with Crippen LogP contribution in [0.5, 0.6) is 0 Å². The Bertz CT molecular complexity index is 531. The van der Waals surface area contributed by atoms with Gasteiger partial charge in [0.05, 0.1) is 0 Å². The van der Waals surface area contributed by atoms with Crippen molar-refractivity contribution < 1.29 is 4.79 Å². The van der Waals surface area contributed by atoms with Gasteiger partial charge in [0.15, 0.2) is 0 Å². The van der Waals surface area contributed by atoms with Gasteiger partial charge in [-0.2, -0.15) is 0 Å². The Balaban J connectivity index is 1.85. The quantitative estimate of drug-likeness (QED) is 0.787. The summed E-state index contributed by atoms with van der Waals surface area (Å²) in [5.41, 5.74) is 1.89. The molecule has 0 bridgehead atoms. The third kappa shape index (κ3) is 2.40. The molecule has 0 radical (unpaired) electrons. The van der Waals surface area contributed by atoms with Crippen LogP contribution in [-0.2, 0) is 0 Å². The van der Waals surface area contributed by atoms with Crippen LogP contribution in [0, 0.1) is 12.8 Å². The first-order valence-corrected chi connectivity index (χ1v) is 8.12. The van der Waals surface area contributed by atoms with Crippen molar-refractivity contribution in [2.45, 2.75) is 25.8 Å². The Morgan fingerprint density at radius 2 is 2.05 bits per heavy atom. The maximum atomic E-state index is 12.9. The summed E-state index contributed by atoms with van der Waals surface area (Å²) < 4.78 is 1.01. The lowest BCUT2D eigenvalue weighted by Gasteiger charge is -2.36. The van der Waals surface area contributed by atoms with E-state index in [4.69, 9.17) is 0 Å². The van der Waals surface area contributed by atoms with Gasteiger partial charge in [-0.1, -0.05) is 22.0 Å². The van der Waals surface area contributed by atoms with Gasteiger partial charge in [0, 0.05) is 29.2 Å². The Labute approximate surface area is 129 Å². The maximum absolute atomic E-state index is 12.9. The zero-order valence-corrected chi connectivity index (χ0v) is 13.7. The second kappa shape index (κ2) is 5.49. The zero-order chi connectivity index (χ0) is 14.3. The van der Waals surface area contributed by atoms with Crippen molar-refractivity contribution >= 4 is 21.8 Å². The monoisotopic (exact) mass is 336 g/mol. The lowest BCUT2D eigenvalue weighted by molar-refractivity contribution is 0.0631. The van der Waals surface area contributed by atoms with Crippen LogP contribution >= 0.6 is 15.9 Å². The minimum Gasteiger partial charge on any atom is -0.334 e. The van der Waals surface area contributed by atoms with Gasteiger partial charge in [-0.15, -0.1) is 0 Å². The largest absolute Gasteiger partial charge is 0.334 e. The van der Waals surface area contributed by atoms with Crippen LogP contribution < -0.4 is 0 Å². The van der Waals surface area contributed by atoms with E-state index in [0.29, 0.717) is 12.0 Å². The lowest BCUT2D eigenvalue weighted by atomic mass is 9.92. The summed E-state index contributed by atoms with van der Waals surface area (Å²) in [6.07, 6.45) is 2.39. The molecule has 3 rings (SSSR count). The van der Waals surface area contributed by atoms with Crippen molar-refractivity contribution in [3.8, 4) is 0 Å². The Morgan fingerprint density at radius 1 is 1.30 bits per heavy atom. The molecule has 0 unspecified atom stereocenters. The molecule has 0 spiro atoms. The summed E-state index contributed by atoms with van der Waals surface area (Å²) in [5, 5.41) is 0. The summed E-state index contributed by atoms with van der Waals surface area (Å²) in [7, 11) is 2.15. The fourth-order valence-electron chi connectivity index (χ4n) is 3.54. The molecule has 2 fully saturated rings. The number of hydrogen-bond acceptors (Lipinski definition) is 2. The SMILES string of the molecule is Cc1c(Br)cccc1C(=O)N1CC[C@H]2CCN(C)C[C@H]21. The van der Waals surface area contributed by atoms with E-state index in [9.17, 15) is 4.79 Å². The van der Waals surface area contributed by atoms with E-state index >= 15 is 0 Å². The minimum atomic E-state index is 0.201. The van der Waals surface area contributed by atoms with E-state index in [1.54, 1.807) is 0 Å². The molecule has 2 aliphatic heterocycles. The molecule has 2 saturated heterocycles. The predicted octanol–water partition coefficient (Wildman–Crippen LogP) is 2.92. The number of carbonyl (C=O) groups excluding carboxylic acids is 1. The summed E-state index contributed by atoms with van der Waals surface area (Å²) in [5.74, 6) is 0.897. The number of amides is 1. The van der Waals surface area contributed by atoms with Crippen LogP contribution in [-0.4, -0.2) is 48.4 Å². The van der Waals surface area contributed by atoms with Crippen LogP contribution in [0.15, 0.2) is 22.7 Å². The predicted molar refractivity (Wildman–Crippen MR) is 83.9 cm³/mol. The average molecular weight is 337 g/mol. The van der Waals surface area contributed by atoms with Gasteiger partial charge in [0.25, 0.3) is 5.91 Å². The Hall–Kier alpha value is -0.870.